The van der Waals surface area contributed by atoms with E-state index in [1.54, 1.807) is 0 Å². The van der Waals surface area contributed by atoms with E-state index in [4.69, 9.17) is 20.9 Å². The van der Waals surface area contributed by atoms with Gasteiger partial charge >= 0.3 is 6.18 Å². The fourth-order valence-corrected chi connectivity index (χ4v) is 6.13. The minimum Gasteiger partial charge on any atom is -0.375 e. The van der Waals surface area contributed by atoms with E-state index in [0.29, 0.717) is 6.07 Å². The number of ether oxygens (including phenoxy) is 1. The second-order valence-corrected chi connectivity index (χ2v) is 9.68. The zero-order valence-corrected chi connectivity index (χ0v) is 15.4. The fourth-order valence-electron chi connectivity index (χ4n) is 2.75. The van der Waals surface area contributed by atoms with Crippen LogP contribution in [0.5, 0.6) is 0 Å². The quantitative estimate of drug-likeness (QED) is 0.598. The number of hydrogen-bond donors (Lipinski definition) is 1. The van der Waals surface area contributed by atoms with Gasteiger partial charge in [0.05, 0.1) is 27.7 Å². The summed E-state index contributed by atoms with van der Waals surface area (Å²) in [5, 5.41) is -0.991. The van der Waals surface area contributed by atoms with Gasteiger partial charge in [0.15, 0.2) is 20.9 Å². The molecular formula is C14H16ClF3O5S2. The molecule has 0 aromatic heterocycles. The third kappa shape index (κ3) is 3.87. The lowest BCUT2D eigenvalue weighted by molar-refractivity contribution is -0.137. The van der Waals surface area contributed by atoms with Gasteiger partial charge in [-0.05, 0) is 31.5 Å². The van der Waals surface area contributed by atoms with E-state index in [1.807, 2.05) is 0 Å². The minimum atomic E-state index is -4.71. The van der Waals surface area contributed by atoms with Gasteiger partial charge in [0.2, 0.25) is 0 Å². The molecule has 4 atom stereocenters. The summed E-state index contributed by atoms with van der Waals surface area (Å²) in [7, 11) is -4.39. The molecule has 0 bridgehead atoms. The average molecular weight is 421 g/mol. The Morgan fingerprint density at radius 2 is 2.08 bits per heavy atom. The van der Waals surface area contributed by atoms with Crippen molar-refractivity contribution in [1.82, 2.24) is 0 Å². The smallest absolute Gasteiger partial charge is 0.375 e. The van der Waals surface area contributed by atoms with Crippen molar-refractivity contribution < 1.29 is 35.1 Å². The van der Waals surface area contributed by atoms with Crippen LogP contribution in [0.25, 0.3) is 0 Å². The molecule has 1 N–H and O–H groups in total. The van der Waals surface area contributed by atoms with E-state index in [9.17, 15) is 25.8 Å². The Labute approximate surface area is 150 Å². The summed E-state index contributed by atoms with van der Waals surface area (Å²) in [5.74, 6) is -0.516. The van der Waals surface area contributed by atoms with Crippen molar-refractivity contribution in [2.75, 3.05) is 12.4 Å². The molecule has 11 heteroatoms. The first-order valence-electron chi connectivity index (χ1n) is 7.15. The highest BCUT2D eigenvalue weighted by atomic mass is 35.5. The third-order valence-corrected chi connectivity index (χ3v) is 8.27. The maximum absolute atomic E-state index is 13.1. The van der Waals surface area contributed by atoms with Crippen molar-refractivity contribution in [3.8, 4) is 0 Å². The maximum Gasteiger partial charge on any atom is 0.416 e. The Bertz CT molecular complexity index is 768. The molecule has 0 spiro atoms. The Morgan fingerprint density at radius 3 is 2.64 bits per heavy atom. The molecule has 4 unspecified atom stereocenters. The zero-order chi connectivity index (χ0) is 19.0. The van der Waals surface area contributed by atoms with Crippen LogP contribution in [0.15, 0.2) is 29.2 Å². The van der Waals surface area contributed by atoms with Crippen LogP contribution in [0, 0.1) is 0 Å². The summed E-state index contributed by atoms with van der Waals surface area (Å²) in [6.07, 6.45) is -5.79. The molecule has 142 valence electrons. The average Bonchev–Trinajstić information content (AvgIpc) is 2.50. The van der Waals surface area contributed by atoms with Crippen LogP contribution in [0.2, 0.25) is 0 Å². The molecule has 0 saturated carbocycles. The Kier molecular flexibility index (Phi) is 5.90. The summed E-state index contributed by atoms with van der Waals surface area (Å²) in [6, 6.07) is 3.33. The predicted molar refractivity (Wildman–Crippen MR) is 86.7 cm³/mol. The van der Waals surface area contributed by atoms with Gasteiger partial charge in [-0.3, -0.25) is 0 Å². The third-order valence-electron chi connectivity index (χ3n) is 4.30. The first-order chi connectivity index (χ1) is 11.4. The zero-order valence-electron chi connectivity index (χ0n) is 13.0. The SMILES string of the molecule is CC1(S(=O)(=O)c2cccc(C(F)(F)F)c2)C(Cl)CCOC1CS(=O)O. The van der Waals surface area contributed by atoms with Gasteiger partial charge in [0.1, 0.15) is 4.75 Å². The van der Waals surface area contributed by atoms with Gasteiger partial charge < -0.3 is 9.29 Å². The molecule has 2 rings (SSSR count). The van der Waals surface area contributed by atoms with Gasteiger partial charge in [-0.15, -0.1) is 11.6 Å². The van der Waals surface area contributed by atoms with Crippen LogP contribution < -0.4 is 0 Å². The molecule has 1 aliphatic heterocycles. The molecule has 1 saturated heterocycles. The number of hydrogen-bond acceptors (Lipinski definition) is 4. The number of benzene rings is 1. The Balaban J connectivity index is 2.56. The summed E-state index contributed by atoms with van der Waals surface area (Å²) in [6.45, 7) is 1.32. The predicted octanol–water partition coefficient (Wildman–Crippen LogP) is 2.86. The molecule has 0 amide bonds. The fraction of sp³-hybridized carbons (Fsp3) is 0.571. The van der Waals surface area contributed by atoms with Crippen molar-refractivity contribution in [3.05, 3.63) is 29.8 Å². The number of sulfone groups is 1. The molecule has 0 aliphatic carbocycles. The van der Waals surface area contributed by atoms with Crippen molar-refractivity contribution >= 4 is 32.5 Å². The van der Waals surface area contributed by atoms with E-state index in [0.717, 1.165) is 18.2 Å². The lowest BCUT2D eigenvalue weighted by Crippen LogP contribution is -2.59. The number of rotatable bonds is 4. The number of halogens is 4. The van der Waals surface area contributed by atoms with Crippen LogP contribution in [0.1, 0.15) is 18.9 Å². The van der Waals surface area contributed by atoms with Gasteiger partial charge in [-0.2, -0.15) is 13.2 Å². The molecule has 1 aromatic rings. The molecular weight excluding hydrogens is 405 g/mol. The van der Waals surface area contributed by atoms with E-state index >= 15 is 0 Å². The highest BCUT2D eigenvalue weighted by Gasteiger charge is 2.55. The first-order valence-corrected chi connectivity index (χ1v) is 10.3. The number of alkyl halides is 4. The Hall–Kier alpha value is -0.680. The topological polar surface area (TPSA) is 80.7 Å². The summed E-state index contributed by atoms with van der Waals surface area (Å²) in [4.78, 5) is -0.560. The second-order valence-electron chi connectivity index (χ2n) is 5.82. The van der Waals surface area contributed by atoms with Crippen LogP contribution in [-0.2, 0) is 31.8 Å². The van der Waals surface area contributed by atoms with Crippen molar-refractivity contribution in [1.29, 1.82) is 0 Å². The monoisotopic (exact) mass is 420 g/mol. The van der Waals surface area contributed by atoms with Gasteiger partial charge in [-0.1, -0.05) is 6.07 Å². The maximum atomic E-state index is 13.1. The molecule has 1 fully saturated rings. The summed E-state index contributed by atoms with van der Waals surface area (Å²) >= 11 is 3.84. The largest absolute Gasteiger partial charge is 0.416 e. The van der Waals surface area contributed by atoms with Crippen LogP contribution in [0.4, 0.5) is 13.2 Å². The molecule has 1 aromatic carbocycles. The van der Waals surface area contributed by atoms with Crippen molar-refractivity contribution in [3.63, 3.8) is 0 Å². The highest BCUT2D eigenvalue weighted by Crippen LogP contribution is 2.41. The lowest BCUT2D eigenvalue weighted by Gasteiger charge is -2.43. The first kappa shape index (κ1) is 20.6. The van der Waals surface area contributed by atoms with Gasteiger partial charge in [-0.25, -0.2) is 12.6 Å². The standard InChI is InChI=1S/C14H16ClF3O5S2/c1-13(11(15)5-6-23-12(13)8-24(19)20)25(21,22)10-4-2-3-9(7-10)14(16,17)18/h2-4,7,11-12H,5-6,8H2,1H3,(H,19,20). The molecule has 0 radical (unpaired) electrons. The molecule has 1 aliphatic rings. The molecule has 1 heterocycles. The van der Waals surface area contributed by atoms with Crippen LogP contribution >= 0.6 is 11.6 Å². The second kappa shape index (κ2) is 7.15. The minimum absolute atomic E-state index is 0.0870. The Morgan fingerprint density at radius 1 is 1.44 bits per heavy atom. The summed E-state index contributed by atoms with van der Waals surface area (Å²) in [5.41, 5.74) is -1.11. The van der Waals surface area contributed by atoms with E-state index in [1.165, 1.54) is 6.92 Å². The van der Waals surface area contributed by atoms with Crippen LogP contribution in [-0.4, -0.2) is 45.8 Å². The van der Waals surface area contributed by atoms with Gasteiger partial charge in [0.25, 0.3) is 0 Å². The van der Waals surface area contributed by atoms with Crippen molar-refractivity contribution in [2.24, 2.45) is 0 Å². The normalized spacial score (nSPS) is 29.4. The highest BCUT2D eigenvalue weighted by molar-refractivity contribution is 7.93. The summed E-state index contributed by atoms with van der Waals surface area (Å²) < 4.78 is 88.6. The lowest BCUT2D eigenvalue weighted by atomic mass is 9.95. The van der Waals surface area contributed by atoms with Crippen molar-refractivity contribution in [2.45, 2.75) is 40.6 Å². The molecule has 25 heavy (non-hydrogen) atoms. The van der Waals surface area contributed by atoms with Crippen LogP contribution in [0.3, 0.4) is 0 Å². The van der Waals surface area contributed by atoms with E-state index < -0.39 is 59.5 Å². The molecule has 5 nitrogen and oxygen atoms in total. The van der Waals surface area contributed by atoms with E-state index in [-0.39, 0.29) is 13.0 Å². The van der Waals surface area contributed by atoms with E-state index in [2.05, 4.69) is 0 Å². The van der Waals surface area contributed by atoms with Gasteiger partial charge in [0, 0.05) is 6.61 Å².